The molecule has 1 N–H and O–H groups in total. The fraction of sp³-hybridized carbons (Fsp3) is 0.545. The quantitative estimate of drug-likeness (QED) is 0.367. The minimum absolute atomic E-state index is 0. The number of rotatable bonds is 5. The molecular weight excluding hydrogens is 479 g/mol. The fourth-order valence-corrected chi connectivity index (χ4v) is 3.91. The van der Waals surface area contributed by atoms with Crippen LogP contribution in [0, 0.1) is 20.8 Å². The maximum Gasteiger partial charge on any atom is 0.194 e. The molecule has 1 aromatic carbocycles. The first-order valence-corrected chi connectivity index (χ1v) is 10.1. The number of aliphatic imine (C=N–C) groups is 1. The second kappa shape index (κ2) is 11.0. The van der Waals surface area contributed by atoms with Gasteiger partial charge in [-0.3, -0.25) is 4.99 Å². The van der Waals surface area contributed by atoms with Crippen LogP contribution in [-0.4, -0.2) is 48.8 Å². The summed E-state index contributed by atoms with van der Waals surface area (Å²) in [6.07, 6.45) is 0.0683. The Kier molecular flexibility index (Phi) is 8.95. The molecule has 6 nitrogen and oxygen atoms in total. The molecule has 2 atom stereocenters. The average molecular weight is 512 g/mol. The molecule has 1 fully saturated rings. The Morgan fingerprint density at radius 1 is 1.31 bits per heavy atom. The van der Waals surface area contributed by atoms with Crippen LogP contribution in [-0.2, 0) is 4.74 Å². The lowest BCUT2D eigenvalue weighted by atomic mass is 10.00. The maximum absolute atomic E-state index is 6.07. The van der Waals surface area contributed by atoms with Gasteiger partial charge in [0.05, 0.1) is 18.8 Å². The van der Waals surface area contributed by atoms with Crippen LogP contribution < -0.4 is 5.32 Å². The summed E-state index contributed by atoms with van der Waals surface area (Å²) in [4.78, 5) is 7.24. The van der Waals surface area contributed by atoms with Crippen LogP contribution in [0.4, 0.5) is 0 Å². The SMILES string of the molecule is CCNC(=NCC(C)c1c(C)noc1C)N1CCOC(c2ccccc2C)C1.I. The molecule has 1 saturated heterocycles. The molecule has 0 radical (unpaired) electrons. The number of aromatic nitrogens is 1. The number of guanidine groups is 1. The number of nitrogens with zero attached hydrogens (tertiary/aromatic N) is 3. The third-order valence-electron chi connectivity index (χ3n) is 5.33. The van der Waals surface area contributed by atoms with Gasteiger partial charge in [-0.15, -0.1) is 24.0 Å². The number of hydrogen-bond donors (Lipinski definition) is 1. The van der Waals surface area contributed by atoms with E-state index in [-0.39, 0.29) is 36.0 Å². The fourth-order valence-electron chi connectivity index (χ4n) is 3.91. The third-order valence-corrected chi connectivity index (χ3v) is 5.33. The summed E-state index contributed by atoms with van der Waals surface area (Å²) in [6, 6.07) is 8.45. The van der Waals surface area contributed by atoms with Crippen molar-refractivity contribution in [3.05, 3.63) is 52.4 Å². The first-order chi connectivity index (χ1) is 13.5. The smallest absolute Gasteiger partial charge is 0.194 e. The van der Waals surface area contributed by atoms with Crippen LogP contribution in [0.25, 0.3) is 0 Å². The summed E-state index contributed by atoms with van der Waals surface area (Å²) in [6.45, 7) is 14.3. The Morgan fingerprint density at radius 2 is 2.07 bits per heavy atom. The summed E-state index contributed by atoms with van der Waals surface area (Å²) >= 11 is 0. The van der Waals surface area contributed by atoms with Gasteiger partial charge in [0.1, 0.15) is 11.9 Å². The molecule has 0 spiro atoms. The Bertz CT molecular complexity index is 801. The number of halogens is 1. The van der Waals surface area contributed by atoms with Crippen molar-refractivity contribution in [2.75, 3.05) is 32.8 Å². The molecule has 0 saturated carbocycles. The highest BCUT2D eigenvalue weighted by molar-refractivity contribution is 14.0. The average Bonchev–Trinajstić information content (AvgIpc) is 3.03. The van der Waals surface area contributed by atoms with Crippen LogP contribution >= 0.6 is 24.0 Å². The molecule has 1 aliphatic rings. The van der Waals surface area contributed by atoms with Crippen molar-refractivity contribution >= 4 is 29.9 Å². The molecule has 1 aromatic heterocycles. The standard InChI is InChI=1S/C22H32N4O2.HI/c1-6-23-22(24-13-16(3)21-17(4)25-28-18(21)5)26-11-12-27-20(14-26)19-10-8-7-9-15(19)2;/h7-10,16,20H,6,11-14H2,1-5H3,(H,23,24);1H. The van der Waals surface area contributed by atoms with E-state index in [1.165, 1.54) is 16.7 Å². The highest BCUT2D eigenvalue weighted by Gasteiger charge is 2.25. The number of benzene rings is 1. The van der Waals surface area contributed by atoms with Gasteiger partial charge in [0.15, 0.2) is 5.96 Å². The van der Waals surface area contributed by atoms with E-state index < -0.39 is 0 Å². The molecule has 2 aromatic rings. The zero-order chi connectivity index (χ0) is 20.1. The minimum atomic E-state index is 0. The van der Waals surface area contributed by atoms with Crippen molar-refractivity contribution in [3.8, 4) is 0 Å². The molecule has 0 aliphatic carbocycles. The molecule has 160 valence electrons. The van der Waals surface area contributed by atoms with Crippen LogP contribution in [0.2, 0.25) is 0 Å². The monoisotopic (exact) mass is 512 g/mol. The van der Waals surface area contributed by atoms with Gasteiger partial charge in [-0.25, -0.2) is 0 Å². The Hall–Kier alpha value is -1.61. The van der Waals surface area contributed by atoms with Crippen molar-refractivity contribution in [3.63, 3.8) is 0 Å². The van der Waals surface area contributed by atoms with E-state index in [2.05, 4.69) is 60.4 Å². The molecule has 2 unspecified atom stereocenters. The van der Waals surface area contributed by atoms with Gasteiger partial charge in [0.25, 0.3) is 0 Å². The lowest BCUT2D eigenvalue weighted by molar-refractivity contribution is -0.00833. The molecule has 1 aliphatic heterocycles. The Morgan fingerprint density at radius 3 is 2.72 bits per heavy atom. The molecule has 2 heterocycles. The minimum Gasteiger partial charge on any atom is -0.370 e. The van der Waals surface area contributed by atoms with E-state index in [4.69, 9.17) is 14.3 Å². The predicted molar refractivity (Wildman–Crippen MR) is 127 cm³/mol. The van der Waals surface area contributed by atoms with E-state index in [1.807, 2.05) is 13.8 Å². The van der Waals surface area contributed by atoms with Crippen LogP contribution in [0.1, 0.15) is 54.0 Å². The summed E-state index contributed by atoms with van der Waals surface area (Å²) in [5, 5.41) is 7.53. The third kappa shape index (κ3) is 5.72. The first kappa shape index (κ1) is 23.7. The predicted octanol–water partition coefficient (Wildman–Crippen LogP) is 4.36. The summed E-state index contributed by atoms with van der Waals surface area (Å²) in [5.41, 5.74) is 4.64. The number of ether oxygens (including phenoxy) is 1. The van der Waals surface area contributed by atoms with Crippen LogP contribution in [0.3, 0.4) is 0 Å². The number of nitrogens with one attached hydrogen (secondary N) is 1. The van der Waals surface area contributed by atoms with E-state index in [0.717, 1.165) is 37.0 Å². The van der Waals surface area contributed by atoms with Gasteiger partial charge >= 0.3 is 0 Å². The van der Waals surface area contributed by atoms with Gasteiger partial charge < -0.3 is 19.5 Å². The molecule has 0 amide bonds. The normalized spacial score (nSPS) is 18.3. The molecular formula is C22H33IN4O2. The van der Waals surface area contributed by atoms with Gasteiger partial charge in [-0.1, -0.05) is 36.3 Å². The second-order valence-corrected chi connectivity index (χ2v) is 7.50. The van der Waals surface area contributed by atoms with Crippen LogP contribution in [0.5, 0.6) is 0 Å². The van der Waals surface area contributed by atoms with Crippen molar-refractivity contribution in [1.82, 2.24) is 15.4 Å². The zero-order valence-electron chi connectivity index (χ0n) is 18.1. The summed E-state index contributed by atoms with van der Waals surface area (Å²) < 4.78 is 11.4. The van der Waals surface area contributed by atoms with Gasteiger partial charge in [0, 0.05) is 31.1 Å². The van der Waals surface area contributed by atoms with E-state index in [0.29, 0.717) is 13.2 Å². The highest BCUT2D eigenvalue weighted by Crippen LogP contribution is 2.26. The van der Waals surface area contributed by atoms with Gasteiger partial charge in [-0.2, -0.15) is 0 Å². The second-order valence-electron chi connectivity index (χ2n) is 7.50. The largest absolute Gasteiger partial charge is 0.370 e. The number of morpholine rings is 1. The highest BCUT2D eigenvalue weighted by atomic mass is 127. The van der Waals surface area contributed by atoms with E-state index in [1.54, 1.807) is 0 Å². The summed E-state index contributed by atoms with van der Waals surface area (Å²) in [5.74, 6) is 2.09. The lowest BCUT2D eigenvalue weighted by Crippen LogP contribution is -2.48. The van der Waals surface area contributed by atoms with Gasteiger partial charge in [-0.05, 0) is 38.8 Å². The molecule has 3 rings (SSSR count). The molecule has 0 bridgehead atoms. The topological polar surface area (TPSA) is 62.9 Å². The zero-order valence-corrected chi connectivity index (χ0v) is 20.4. The Labute approximate surface area is 191 Å². The maximum atomic E-state index is 6.07. The van der Waals surface area contributed by atoms with E-state index >= 15 is 0 Å². The van der Waals surface area contributed by atoms with Crippen molar-refractivity contribution < 1.29 is 9.26 Å². The summed E-state index contributed by atoms with van der Waals surface area (Å²) in [7, 11) is 0. The molecule has 29 heavy (non-hydrogen) atoms. The first-order valence-electron chi connectivity index (χ1n) is 10.1. The van der Waals surface area contributed by atoms with E-state index in [9.17, 15) is 0 Å². The van der Waals surface area contributed by atoms with Crippen molar-refractivity contribution in [2.45, 2.75) is 46.6 Å². The van der Waals surface area contributed by atoms with Gasteiger partial charge in [0.2, 0.25) is 0 Å². The Balaban J connectivity index is 0.00000300. The lowest BCUT2D eigenvalue weighted by Gasteiger charge is -2.36. The van der Waals surface area contributed by atoms with Crippen molar-refractivity contribution in [1.29, 1.82) is 0 Å². The molecule has 7 heteroatoms. The number of aryl methyl sites for hydroxylation is 3. The van der Waals surface area contributed by atoms with Crippen molar-refractivity contribution in [2.24, 2.45) is 4.99 Å². The van der Waals surface area contributed by atoms with Crippen LogP contribution in [0.15, 0.2) is 33.8 Å². The number of hydrogen-bond acceptors (Lipinski definition) is 4.